The Morgan fingerprint density at radius 2 is 1.72 bits per heavy atom. The number of alkyl halides is 2. The first-order chi connectivity index (χ1) is 20.4. The first-order valence-corrected chi connectivity index (χ1v) is 17.3. The van der Waals surface area contributed by atoms with Crippen LogP contribution >= 0.6 is 76.8 Å². The Hall–Kier alpha value is -0.820. The minimum absolute atomic E-state index is 0.160. The van der Waals surface area contributed by atoms with E-state index in [1.165, 1.54) is 12.1 Å². The molecule has 0 radical (unpaired) electrons. The van der Waals surface area contributed by atoms with E-state index < -0.39 is 24.3 Å². The van der Waals surface area contributed by atoms with Gasteiger partial charge in [0.05, 0.1) is 23.0 Å². The Balaban J connectivity index is 1.61. The molecule has 0 saturated heterocycles. The summed E-state index contributed by atoms with van der Waals surface area (Å²) in [4.78, 5) is 12.4. The number of hydrogen-bond donors (Lipinski definition) is 1. The van der Waals surface area contributed by atoms with Crippen molar-refractivity contribution in [2.24, 2.45) is 0 Å². The third-order valence-electron chi connectivity index (χ3n) is 6.15. The lowest BCUT2D eigenvalue weighted by molar-refractivity contribution is -0.0738. The van der Waals surface area contributed by atoms with E-state index in [0.717, 1.165) is 35.5 Å². The van der Waals surface area contributed by atoms with Gasteiger partial charge in [0.1, 0.15) is 24.2 Å². The number of ether oxygens (including phenoxy) is 3. The fraction of sp³-hybridized carbons (Fsp3) is 0.379. The van der Waals surface area contributed by atoms with Gasteiger partial charge in [-0.3, -0.25) is 9.05 Å². The van der Waals surface area contributed by atoms with Crippen molar-refractivity contribution in [2.75, 3.05) is 47.0 Å². The molecule has 3 aromatic rings. The Morgan fingerprint density at radius 3 is 2.42 bits per heavy atom. The summed E-state index contributed by atoms with van der Waals surface area (Å²) in [5.41, 5.74) is 2.46. The molecule has 3 aromatic carbocycles. The van der Waals surface area contributed by atoms with Gasteiger partial charge in [0.15, 0.2) is 10.4 Å². The molecule has 236 valence electrons. The Morgan fingerprint density at radius 1 is 1.00 bits per heavy atom. The average Bonchev–Trinajstić information content (AvgIpc) is 2.96. The van der Waals surface area contributed by atoms with E-state index >= 15 is 0 Å². The number of phosphoric ester groups is 1. The fourth-order valence-electron chi connectivity index (χ4n) is 4.06. The standard InChI is InChI=1S/C29H33Cl4INO7P/c1-35(2)16-23(17-39-28-10-5-4-8-21(28)12-11-20-7-6-9-22(13-20)38-3)40-19-41-43(36,37)42-29(34,18-30)24-14-26(32)27(33)15-25(24)31/h4-10,13-15,23H,11-12,16-19H2,1-3H3,(H,36,37)/t23-,29?/m1/s1. The number of likely N-dealkylation sites (N-methyl/N-ethyl adjacent to an activating group) is 1. The Bertz CT molecular complexity index is 1400. The molecule has 2 unspecified atom stereocenters. The summed E-state index contributed by atoms with van der Waals surface area (Å²) >= 11 is 26.3. The Kier molecular flexibility index (Phi) is 14.7. The van der Waals surface area contributed by atoms with E-state index in [2.05, 4.69) is 6.07 Å². The van der Waals surface area contributed by atoms with E-state index in [-0.39, 0.29) is 33.1 Å². The molecule has 14 heteroatoms. The van der Waals surface area contributed by atoms with Crippen LogP contribution in [0.4, 0.5) is 0 Å². The molecule has 0 aliphatic carbocycles. The maximum atomic E-state index is 12.9. The molecule has 0 heterocycles. The molecule has 0 aliphatic heterocycles. The zero-order chi connectivity index (χ0) is 31.6. The van der Waals surface area contributed by atoms with Gasteiger partial charge in [-0.05, 0) is 91.0 Å². The number of rotatable bonds is 17. The lowest BCUT2D eigenvalue weighted by Gasteiger charge is -2.29. The highest BCUT2D eigenvalue weighted by Crippen LogP contribution is 2.55. The van der Waals surface area contributed by atoms with Crippen molar-refractivity contribution in [2.45, 2.75) is 22.6 Å². The molecule has 0 aliphatic rings. The van der Waals surface area contributed by atoms with Crippen molar-refractivity contribution >= 4 is 76.8 Å². The lowest BCUT2D eigenvalue weighted by Crippen LogP contribution is -2.34. The number of phosphoric acid groups is 1. The summed E-state index contributed by atoms with van der Waals surface area (Å²) in [7, 11) is 0.732. The number of aryl methyl sites for hydroxylation is 2. The number of benzene rings is 3. The van der Waals surface area contributed by atoms with E-state index in [1.807, 2.05) is 61.5 Å². The molecular weight excluding hydrogens is 774 g/mol. The summed E-state index contributed by atoms with van der Waals surface area (Å²) in [6, 6.07) is 18.6. The van der Waals surface area contributed by atoms with Crippen LogP contribution in [-0.4, -0.2) is 62.9 Å². The topological polar surface area (TPSA) is 86.7 Å². The number of halogens is 5. The van der Waals surface area contributed by atoms with Crippen LogP contribution in [-0.2, 0) is 34.8 Å². The predicted molar refractivity (Wildman–Crippen MR) is 181 cm³/mol. The van der Waals surface area contributed by atoms with Crippen molar-refractivity contribution in [3.05, 3.63) is 92.4 Å². The highest BCUT2D eigenvalue weighted by molar-refractivity contribution is 14.1. The third-order valence-corrected chi connectivity index (χ3v) is 10.5. The quantitative estimate of drug-likeness (QED) is 0.0479. The van der Waals surface area contributed by atoms with Crippen molar-refractivity contribution in [3.8, 4) is 11.5 Å². The van der Waals surface area contributed by atoms with Crippen molar-refractivity contribution in [1.29, 1.82) is 0 Å². The molecule has 0 spiro atoms. The number of methoxy groups -OCH3 is 1. The first-order valence-electron chi connectivity index (χ1n) is 13.0. The summed E-state index contributed by atoms with van der Waals surface area (Å²) in [6.45, 7) is 0.0883. The van der Waals surface area contributed by atoms with Crippen LogP contribution in [0.15, 0.2) is 60.7 Å². The van der Waals surface area contributed by atoms with Crippen molar-refractivity contribution < 1.29 is 32.7 Å². The van der Waals surface area contributed by atoms with Crippen LogP contribution < -0.4 is 9.47 Å². The highest BCUT2D eigenvalue weighted by atomic mass is 127. The minimum atomic E-state index is -4.68. The number of nitrogens with zero attached hydrogens (tertiary/aromatic N) is 1. The monoisotopic (exact) mass is 805 g/mol. The average molecular weight is 807 g/mol. The molecule has 0 bridgehead atoms. The number of para-hydroxylation sites is 1. The lowest BCUT2D eigenvalue weighted by atomic mass is 10.0. The summed E-state index contributed by atoms with van der Waals surface area (Å²) in [5.74, 6) is 1.30. The second-order valence-electron chi connectivity index (χ2n) is 9.74. The maximum Gasteiger partial charge on any atom is 0.475 e. The zero-order valence-corrected chi connectivity index (χ0v) is 29.9. The van der Waals surface area contributed by atoms with Crippen molar-refractivity contribution in [3.63, 3.8) is 0 Å². The van der Waals surface area contributed by atoms with Crippen LogP contribution in [0.25, 0.3) is 0 Å². The van der Waals surface area contributed by atoms with Gasteiger partial charge in [-0.25, -0.2) is 4.57 Å². The predicted octanol–water partition coefficient (Wildman–Crippen LogP) is 8.38. The van der Waals surface area contributed by atoms with Crippen LogP contribution in [0.5, 0.6) is 11.5 Å². The largest absolute Gasteiger partial charge is 0.497 e. The molecule has 8 nitrogen and oxygen atoms in total. The molecular formula is C29H33Cl4INO7P. The smallest absolute Gasteiger partial charge is 0.475 e. The van der Waals surface area contributed by atoms with E-state index in [9.17, 15) is 9.46 Å². The van der Waals surface area contributed by atoms with Crippen molar-refractivity contribution in [1.82, 2.24) is 4.90 Å². The molecule has 1 N–H and O–H groups in total. The van der Waals surface area contributed by atoms with Gasteiger partial charge in [-0.15, -0.1) is 11.6 Å². The van der Waals surface area contributed by atoms with Gasteiger partial charge in [0.25, 0.3) is 0 Å². The third kappa shape index (κ3) is 11.5. The summed E-state index contributed by atoms with van der Waals surface area (Å²) < 4.78 is 39.2. The van der Waals surface area contributed by atoms with E-state index in [4.69, 9.17) is 69.7 Å². The molecule has 0 aromatic heterocycles. The van der Waals surface area contributed by atoms with Crippen LogP contribution in [0, 0.1) is 0 Å². The van der Waals surface area contributed by atoms with Gasteiger partial charge < -0.3 is 24.0 Å². The van der Waals surface area contributed by atoms with Gasteiger partial charge >= 0.3 is 7.82 Å². The van der Waals surface area contributed by atoms with E-state index in [1.54, 1.807) is 29.7 Å². The molecule has 0 fully saturated rings. The van der Waals surface area contributed by atoms with Crippen LogP contribution in [0.1, 0.15) is 16.7 Å². The van der Waals surface area contributed by atoms with E-state index in [0.29, 0.717) is 6.54 Å². The van der Waals surface area contributed by atoms with Crippen LogP contribution in [0.2, 0.25) is 15.1 Å². The summed E-state index contributed by atoms with van der Waals surface area (Å²) in [6.07, 6.45) is 1.07. The van der Waals surface area contributed by atoms with Gasteiger partial charge in [-0.1, -0.05) is 65.1 Å². The SMILES string of the molecule is COc1cccc(CCc2ccccc2OC[C@@H](CN(C)C)OCOP(=O)(O)OC(I)(CCl)c2cc(Cl)c(Cl)cc2Cl)c1. The molecule has 3 atom stereocenters. The fourth-order valence-corrected chi connectivity index (χ4v) is 7.16. The zero-order valence-electron chi connectivity index (χ0n) is 23.8. The maximum absolute atomic E-state index is 12.9. The highest BCUT2D eigenvalue weighted by Gasteiger charge is 2.40. The van der Waals surface area contributed by atoms with Gasteiger partial charge in [-0.2, -0.15) is 0 Å². The molecule has 43 heavy (non-hydrogen) atoms. The number of hydrogen-bond acceptors (Lipinski definition) is 7. The molecule has 0 saturated carbocycles. The second kappa shape index (κ2) is 17.2. The van der Waals surface area contributed by atoms with Crippen LogP contribution in [0.3, 0.4) is 0 Å². The molecule has 3 rings (SSSR count). The van der Waals surface area contributed by atoms with Gasteiger partial charge in [0.2, 0.25) is 0 Å². The summed E-state index contributed by atoms with van der Waals surface area (Å²) in [5, 5.41) is 0.558. The second-order valence-corrected chi connectivity index (χ2v) is 14.3. The normalized spacial score (nSPS) is 15.1. The minimum Gasteiger partial charge on any atom is -0.497 e. The van der Waals surface area contributed by atoms with Gasteiger partial charge in [0, 0.05) is 17.1 Å². The Labute approximate surface area is 286 Å². The molecule has 0 amide bonds. The first kappa shape index (κ1) is 36.6.